The Hall–Kier alpha value is -2.34. The number of methoxy groups -OCH3 is 1. The SMILES string of the molecule is COC(=O)c1ccc(CNC(=O)Nc2ccc(Br)cc2)cc1. The summed E-state index contributed by atoms with van der Waals surface area (Å²) in [5.74, 6) is -0.382. The summed E-state index contributed by atoms with van der Waals surface area (Å²) in [5.41, 5.74) is 2.07. The Balaban J connectivity index is 1.85. The quantitative estimate of drug-likeness (QED) is 0.817. The lowest BCUT2D eigenvalue weighted by atomic mass is 10.1. The highest BCUT2D eigenvalue weighted by atomic mass is 79.9. The van der Waals surface area contributed by atoms with Gasteiger partial charge in [0.2, 0.25) is 0 Å². The Morgan fingerprint density at radius 1 is 1.05 bits per heavy atom. The van der Waals surface area contributed by atoms with Crippen LogP contribution in [0.15, 0.2) is 53.0 Å². The number of urea groups is 1. The molecular weight excluding hydrogens is 348 g/mol. The van der Waals surface area contributed by atoms with Crippen molar-refractivity contribution in [2.45, 2.75) is 6.54 Å². The third kappa shape index (κ3) is 4.60. The normalized spacial score (nSPS) is 9.91. The van der Waals surface area contributed by atoms with Gasteiger partial charge in [0, 0.05) is 16.7 Å². The van der Waals surface area contributed by atoms with Crippen LogP contribution in [0.2, 0.25) is 0 Å². The minimum Gasteiger partial charge on any atom is -0.465 e. The fourth-order valence-corrected chi connectivity index (χ4v) is 2.03. The highest BCUT2D eigenvalue weighted by Crippen LogP contribution is 2.14. The molecule has 5 nitrogen and oxygen atoms in total. The number of benzene rings is 2. The molecule has 0 saturated carbocycles. The molecule has 0 fully saturated rings. The standard InChI is InChI=1S/C16H15BrN2O3/c1-22-15(20)12-4-2-11(3-5-12)10-18-16(21)19-14-8-6-13(17)7-9-14/h2-9H,10H2,1H3,(H2,18,19,21). The van der Waals surface area contributed by atoms with Crippen LogP contribution in [0.4, 0.5) is 10.5 Å². The van der Waals surface area contributed by atoms with Gasteiger partial charge in [0.25, 0.3) is 0 Å². The van der Waals surface area contributed by atoms with Crippen LogP contribution in [0, 0.1) is 0 Å². The van der Waals surface area contributed by atoms with Gasteiger partial charge in [0.1, 0.15) is 0 Å². The maximum Gasteiger partial charge on any atom is 0.337 e. The van der Waals surface area contributed by atoms with Crippen molar-refractivity contribution in [3.05, 3.63) is 64.1 Å². The van der Waals surface area contributed by atoms with E-state index in [2.05, 4.69) is 31.3 Å². The van der Waals surface area contributed by atoms with Gasteiger partial charge in [-0.05, 0) is 42.0 Å². The lowest BCUT2D eigenvalue weighted by molar-refractivity contribution is 0.0600. The first-order valence-electron chi connectivity index (χ1n) is 6.56. The zero-order valence-corrected chi connectivity index (χ0v) is 13.5. The number of halogens is 1. The van der Waals surface area contributed by atoms with Crippen molar-refractivity contribution >= 4 is 33.6 Å². The average Bonchev–Trinajstić information content (AvgIpc) is 2.55. The summed E-state index contributed by atoms with van der Waals surface area (Å²) in [6.07, 6.45) is 0. The number of anilines is 1. The molecule has 2 rings (SSSR count). The molecule has 6 heteroatoms. The molecule has 114 valence electrons. The smallest absolute Gasteiger partial charge is 0.337 e. The molecule has 0 aromatic heterocycles. The summed E-state index contributed by atoms with van der Waals surface area (Å²) >= 11 is 3.33. The maximum absolute atomic E-state index is 11.8. The Morgan fingerprint density at radius 3 is 2.27 bits per heavy atom. The van der Waals surface area contributed by atoms with Gasteiger partial charge in [-0.25, -0.2) is 9.59 Å². The monoisotopic (exact) mass is 362 g/mol. The van der Waals surface area contributed by atoms with Gasteiger partial charge in [0.05, 0.1) is 12.7 Å². The molecule has 0 aliphatic carbocycles. The van der Waals surface area contributed by atoms with Gasteiger partial charge >= 0.3 is 12.0 Å². The van der Waals surface area contributed by atoms with Crippen LogP contribution in [0.1, 0.15) is 15.9 Å². The first-order chi connectivity index (χ1) is 10.6. The molecule has 0 aliphatic rings. The third-order valence-electron chi connectivity index (χ3n) is 2.93. The maximum atomic E-state index is 11.8. The number of carbonyl (C=O) groups is 2. The Bertz CT molecular complexity index is 654. The molecule has 0 unspecified atom stereocenters. The molecule has 0 atom stereocenters. The Labute approximate surface area is 136 Å². The number of hydrogen-bond acceptors (Lipinski definition) is 3. The van der Waals surface area contributed by atoms with Crippen molar-refractivity contribution in [2.75, 3.05) is 12.4 Å². The van der Waals surface area contributed by atoms with Crippen molar-refractivity contribution < 1.29 is 14.3 Å². The molecule has 0 radical (unpaired) electrons. The second-order valence-electron chi connectivity index (χ2n) is 4.50. The lowest BCUT2D eigenvalue weighted by Gasteiger charge is -2.08. The van der Waals surface area contributed by atoms with Crippen molar-refractivity contribution in [3.63, 3.8) is 0 Å². The molecule has 2 aromatic rings. The predicted molar refractivity (Wildman–Crippen MR) is 87.8 cm³/mol. The second kappa shape index (κ2) is 7.61. The van der Waals surface area contributed by atoms with Crippen LogP contribution in [-0.2, 0) is 11.3 Å². The minimum absolute atomic E-state index is 0.292. The van der Waals surface area contributed by atoms with Gasteiger partial charge in [-0.15, -0.1) is 0 Å². The number of amides is 2. The third-order valence-corrected chi connectivity index (χ3v) is 3.46. The van der Waals surface area contributed by atoms with Gasteiger partial charge in [-0.2, -0.15) is 0 Å². The highest BCUT2D eigenvalue weighted by molar-refractivity contribution is 9.10. The van der Waals surface area contributed by atoms with Crippen molar-refractivity contribution in [3.8, 4) is 0 Å². The van der Waals surface area contributed by atoms with E-state index in [1.807, 2.05) is 12.1 Å². The topological polar surface area (TPSA) is 67.4 Å². The summed E-state index contributed by atoms with van der Waals surface area (Å²) in [4.78, 5) is 23.1. The van der Waals surface area contributed by atoms with Crippen LogP contribution < -0.4 is 10.6 Å². The first-order valence-corrected chi connectivity index (χ1v) is 7.35. The van der Waals surface area contributed by atoms with Crippen LogP contribution in [-0.4, -0.2) is 19.1 Å². The molecule has 0 spiro atoms. The van der Waals surface area contributed by atoms with E-state index in [9.17, 15) is 9.59 Å². The number of ether oxygens (including phenoxy) is 1. The van der Waals surface area contributed by atoms with Gasteiger partial charge in [0.15, 0.2) is 0 Å². The van der Waals surface area contributed by atoms with E-state index in [0.717, 1.165) is 10.0 Å². The molecular formula is C16H15BrN2O3. The van der Waals surface area contributed by atoms with Crippen molar-refractivity contribution in [1.29, 1.82) is 0 Å². The highest BCUT2D eigenvalue weighted by Gasteiger charge is 2.05. The Kier molecular flexibility index (Phi) is 5.55. The first kappa shape index (κ1) is 16.0. The number of esters is 1. The van der Waals surface area contributed by atoms with E-state index in [0.29, 0.717) is 17.8 Å². The summed E-state index contributed by atoms with van der Waals surface area (Å²) < 4.78 is 5.58. The van der Waals surface area contributed by atoms with Crippen molar-refractivity contribution in [1.82, 2.24) is 5.32 Å². The van der Waals surface area contributed by atoms with E-state index in [1.54, 1.807) is 36.4 Å². The molecule has 22 heavy (non-hydrogen) atoms. The van der Waals surface area contributed by atoms with Gasteiger partial charge in [-0.1, -0.05) is 28.1 Å². The predicted octanol–water partition coefficient (Wildman–Crippen LogP) is 3.56. The van der Waals surface area contributed by atoms with Crippen LogP contribution in [0.5, 0.6) is 0 Å². The number of nitrogens with one attached hydrogen (secondary N) is 2. The summed E-state index contributed by atoms with van der Waals surface area (Å²) in [6, 6.07) is 13.9. The molecule has 0 saturated heterocycles. The molecule has 2 amide bonds. The zero-order chi connectivity index (χ0) is 15.9. The number of rotatable bonds is 4. The van der Waals surface area contributed by atoms with Crippen LogP contribution in [0.25, 0.3) is 0 Å². The Morgan fingerprint density at radius 2 is 1.68 bits per heavy atom. The van der Waals surface area contributed by atoms with E-state index < -0.39 is 0 Å². The largest absolute Gasteiger partial charge is 0.465 e. The number of hydrogen-bond donors (Lipinski definition) is 2. The van der Waals surface area contributed by atoms with E-state index in [4.69, 9.17) is 0 Å². The van der Waals surface area contributed by atoms with Gasteiger partial charge < -0.3 is 15.4 Å². The van der Waals surface area contributed by atoms with Crippen molar-refractivity contribution in [2.24, 2.45) is 0 Å². The summed E-state index contributed by atoms with van der Waals surface area (Å²) in [6.45, 7) is 0.365. The lowest BCUT2D eigenvalue weighted by Crippen LogP contribution is -2.28. The van der Waals surface area contributed by atoms with Crippen LogP contribution in [0.3, 0.4) is 0 Å². The molecule has 2 N–H and O–H groups in total. The fourth-order valence-electron chi connectivity index (χ4n) is 1.77. The molecule has 0 aliphatic heterocycles. The average molecular weight is 363 g/mol. The molecule has 0 bridgehead atoms. The van der Waals surface area contributed by atoms with Gasteiger partial charge in [-0.3, -0.25) is 0 Å². The number of carbonyl (C=O) groups excluding carboxylic acids is 2. The molecule has 2 aromatic carbocycles. The second-order valence-corrected chi connectivity index (χ2v) is 5.42. The molecule has 0 heterocycles. The van der Waals surface area contributed by atoms with Crippen LogP contribution >= 0.6 is 15.9 Å². The fraction of sp³-hybridized carbons (Fsp3) is 0.125. The minimum atomic E-state index is -0.382. The van der Waals surface area contributed by atoms with E-state index >= 15 is 0 Å². The zero-order valence-electron chi connectivity index (χ0n) is 11.9. The summed E-state index contributed by atoms with van der Waals surface area (Å²) in [5, 5.41) is 5.48. The van der Waals surface area contributed by atoms with E-state index in [-0.39, 0.29) is 12.0 Å². The van der Waals surface area contributed by atoms with E-state index in [1.165, 1.54) is 7.11 Å². The summed E-state index contributed by atoms with van der Waals surface area (Å²) in [7, 11) is 1.34.